The van der Waals surface area contributed by atoms with Crippen LogP contribution >= 0.6 is 0 Å². The molecule has 106 valence electrons. The Bertz CT molecular complexity index is 280. The fourth-order valence-electron chi connectivity index (χ4n) is 3.37. The van der Waals surface area contributed by atoms with Crippen LogP contribution in [0.1, 0.15) is 40.5 Å². The van der Waals surface area contributed by atoms with E-state index >= 15 is 0 Å². The van der Waals surface area contributed by atoms with E-state index in [1.807, 2.05) is 4.90 Å². The zero-order chi connectivity index (χ0) is 13.6. The minimum absolute atomic E-state index is 0.0717. The smallest absolute Gasteiger partial charge is 0.257 e. The average molecular weight is 260 g/mol. The number of piperidine rings is 1. The van der Waals surface area contributed by atoms with Gasteiger partial charge in [0.2, 0.25) is 0 Å². The first-order chi connectivity index (χ1) is 8.10. The summed E-state index contributed by atoms with van der Waals surface area (Å²) in [5.41, 5.74) is 0.578. The van der Waals surface area contributed by atoms with Crippen LogP contribution in [0.4, 0.5) is 8.78 Å². The molecule has 0 unspecified atom stereocenters. The summed E-state index contributed by atoms with van der Waals surface area (Å²) < 4.78 is 25.8. The van der Waals surface area contributed by atoms with Crippen molar-refractivity contribution in [3.8, 4) is 0 Å². The number of hydrogen-bond donors (Lipinski definition) is 0. The van der Waals surface area contributed by atoms with Gasteiger partial charge in [0.15, 0.2) is 0 Å². The number of likely N-dealkylation sites (tertiary alicyclic amines) is 2. The Balaban J connectivity index is 1.79. The number of alkyl halides is 2. The Kier molecular flexibility index (Phi) is 3.48. The molecule has 0 saturated carbocycles. The molecule has 4 heteroatoms. The average Bonchev–Trinajstić information content (AvgIpc) is 2.12. The van der Waals surface area contributed by atoms with E-state index in [2.05, 4.69) is 25.7 Å². The zero-order valence-corrected chi connectivity index (χ0v) is 12.1. The quantitative estimate of drug-likeness (QED) is 0.753. The van der Waals surface area contributed by atoms with E-state index in [0.717, 1.165) is 45.9 Å². The predicted molar refractivity (Wildman–Crippen MR) is 70.1 cm³/mol. The summed E-state index contributed by atoms with van der Waals surface area (Å²) in [5, 5.41) is 0. The summed E-state index contributed by atoms with van der Waals surface area (Å²) in [4.78, 5) is 4.42. The van der Waals surface area contributed by atoms with Crippen LogP contribution in [0.3, 0.4) is 0 Å². The van der Waals surface area contributed by atoms with E-state index in [9.17, 15) is 8.78 Å². The van der Waals surface area contributed by atoms with Gasteiger partial charge in [-0.2, -0.15) is 0 Å². The summed E-state index contributed by atoms with van der Waals surface area (Å²) in [6.07, 6.45) is 2.33. The third kappa shape index (κ3) is 3.21. The van der Waals surface area contributed by atoms with Gasteiger partial charge in [0.05, 0.1) is 6.54 Å². The van der Waals surface area contributed by atoms with Gasteiger partial charge in [0, 0.05) is 25.6 Å². The van der Waals surface area contributed by atoms with Crippen LogP contribution in [0.25, 0.3) is 0 Å². The lowest BCUT2D eigenvalue weighted by Crippen LogP contribution is -2.63. The predicted octanol–water partition coefficient (Wildman–Crippen LogP) is 2.84. The van der Waals surface area contributed by atoms with E-state index in [-0.39, 0.29) is 12.1 Å². The SMILES string of the molecule is CC(F)(F)CN1CC2(CCN(C(C)(C)C)CC2)C1. The number of halogens is 2. The van der Waals surface area contributed by atoms with Crippen molar-refractivity contribution in [2.24, 2.45) is 5.41 Å². The molecule has 2 aliphatic heterocycles. The molecule has 2 saturated heterocycles. The second kappa shape index (κ2) is 4.41. The third-order valence-electron chi connectivity index (χ3n) is 4.39. The Hall–Kier alpha value is -0.220. The van der Waals surface area contributed by atoms with Crippen LogP contribution in [0, 0.1) is 5.41 Å². The summed E-state index contributed by atoms with van der Waals surface area (Å²) in [5.74, 6) is -2.55. The Morgan fingerprint density at radius 1 is 1.00 bits per heavy atom. The van der Waals surface area contributed by atoms with Crippen molar-refractivity contribution < 1.29 is 8.78 Å². The monoisotopic (exact) mass is 260 g/mol. The largest absolute Gasteiger partial charge is 0.298 e. The lowest BCUT2D eigenvalue weighted by Gasteiger charge is -2.56. The molecule has 0 atom stereocenters. The van der Waals surface area contributed by atoms with Crippen LogP contribution in [-0.4, -0.2) is 54.0 Å². The van der Waals surface area contributed by atoms with Gasteiger partial charge in [0.1, 0.15) is 0 Å². The summed E-state index contributed by atoms with van der Waals surface area (Å²) in [6, 6.07) is 0. The van der Waals surface area contributed by atoms with Crippen LogP contribution in [-0.2, 0) is 0 Å². The first kappa shape index (κ1) is 14.2. The molecule has 0 aromatic carbocycles. The van der Waals surface area contributed by atoms with Gasteiger partial charge in [-0.05, 0) is 52.1 Å². The van der Waals surface area contributed by atoms with Gasteiger partial charge >= 0.3 is 0 Å². The van der Waals surface area contributed by atoms with E-state index < -0.39 is 5.92 Å². The molecule has 2 nitrogen and oxygen atoms in total. The molecule has 2 fully saturated rings. The molecule has 2 aliphatic rings. The molecule has 1 spiro atoms. The normalized spacial score (nSPS) is 26.3. The van der Waals surface area contributed by atoms with Crippen LogP contribution in [0.5, 0.6) is 0 Å². The van der Waals surface area contributed by atoms with Gasteiger partial charge in [-0.3, -0.25) is 9.80 Å². The highest BCUT2D eigenvalue weighted by Crippen LogP contribution is 2.42. The number of hydrogen-bond acceptors (Lipinski definition) is 2. The van der Waals surface area contributed by atoms with E-state index in [1.165, 1.54) is 0 Å². The highest BCUT2D eigenvalue weighted by atomic mass is 19.3. The second-order valence-electron chi connectivity index (χ2n) is 7.37. The lowest BCUT2D eigenvalue weighted by atomic mass is 9.71. The Labute approximate surface area is 109 Å². The number of rotatable bonds is 2. The summed E-state index contributed by atoms with van der Waals surface area (Å²) >= 11 is 0. The molecule has 0 aliphatic carbocycles. The van der Waals surface area contributed by atoms with E-state index in [1.54, 1.807) is 0 Å². The molecule has 2 rings (SSSR count). The van der Waals surface area contributed by atoms with Gasteiger partial charge in [0.25, 0.3) is 5.92 Å². The van der Waals surface area contributed by atoms with Crippen molar-refractivity contribution in [3.05, 3.63) is 0 Å². The minimum atomic E-state index is -2.55. The molecular formula is C14H26F2N2. The molecule has 0 N–H and O–H groups in total. The highest BCUT2D eigenvalue weighted by molar-refractivity contribution is 5.00. The standard InChI is InChI=1S/C14H26F2N2/c1-12(2,3)18-7-5-14(6-8-18)10-17(11-14)9-13(4,15)16/h5-11H2,1-4H3. The maximum absolute atomic E-state index is 12.9. The lowest BCUT2D eigenvalue weighted by molar-refractivity contribution is -0.104. The van der Waals surface area contributed by atoms with Crippen molar-refractivity contribution in [1.82, 2.24) is 9.80 Å². The van der Waals surface area contributed by atoms with Crippen LogP contribution in [0.2, 0.25) is 0 Å². The first-order valence-electron chi connectivity index (χ1n) is 6.95. The molecule has 0 bridgehead atoms. The van der Waals surface area contributed by atoms with Gasteiger partial charge in [-0.15, -0.1) is 0 Å². The van der Waals surface area contributed by atoms with Crippen molar-refractivity contribution in [1.29, 1.82) is 0 Å². The fraction of sp³-hybridized carbons (Fsp3) is 1.00. The molecule has 18 heavy (non-hydrogen) atoms. The van der Waals surface area contributed by atoms with Gasteiger partial charge in [-0.25, -0.2) is 8.78 Å². The van der Waals surface area contributed by atoms with Crippen molar-refractivity contribution in [2.75, 3.05) is 32.7 Å². The second-order valence-corrected chi connectivity index (χ2v) is 7.37. The van der Waals surface area contributed by atoms with Gasteiger partial charge in [-0.1, -0.05) is 0 Å². The molecule has 2 heterocycles. The topological polar surface area (TPSA) is 6.48 Å². The molecular weight excluding hydrogens is 234 g/mol. The maximum Gasteiger partial charge on any atom is 0.257 e. The van der Waals surface area contributed by atoms with E-state index in [4.69, 9.17) is 0 Å². The highest BCUT2D eigenvalue weighted by Gasteiger charge is 2.47. The summed E-state index contributed by atoms with van der Waals surface area (Å²) in [7, 11) is 0. The number of nitrogens with zero attached hydrogens (tertiary/aromatic N) is 2. The molecule has 0 radical (unpaired) electrons. The fourth-order valence-corrected chi connectivity index (χ4v) is 3.37. The summed E-state index contributed by atoms with van der Waals surface area (Å²) in [6.45, 7) is 11.6. The minimum Gasteiger partial charge on any atom is -0.298 e. The first-order valence-corrected chi connectivity index (χ1v) is 6.95. The van der Waals surface area contributed by atoms with Crippen LogP contribution < -0.4 is 0 Å². The Morgan fingerprint density at radius 3 is 1.89 bits per heavy atom. The maximum atomic E-state index is 12.9. The van der Waals surface area contributed by atoms with Gasteiger partial charge < -0.3 is 0 Å². The molecule has 0 amide bonds. The molecule has 0 aromatic rings. The van der Waals surface area contributed by atoms with E-state index in [0.29, 0.717) is 5.41 Å². The van der Waals surface area contributed by atoms with Crippen LogP contribution in [0.15, 0.2) is 0 Å². The Morgan fingerprint density at radius 2 is 1.50 bits per heavy atom. The zero-order valence-electron chi connectivity index (χ0n) is 12.1. The van der Waals surface area contributed by atoms with Crippen molar-refractivity contribution in [3.63, 3.8) is 0 Å². The third-order valence-corrected chi connectivity index (χ3v) is 4.39. The molecule has 0 aromatic heterocycles. The van der Waals surface area contributed by atoms with Crippen molar-refractivity contribution >= 4 is 0 Å². The van der Waals surface area contributed by atoms with Crippen molar-refractivity contribution in [2.45, 2.75) is 52.0 Å².